The highest BCUT2D eigenvalue weighted by atomic mass is 16.5. The maximum absolute atomic E-state index is 13.1. The van der Waals surface area contributed by atoms with Crippen LogP contribution < -0.4 is 5.32 Å². The van der Waals surface area contributed by atoms with Crippen LogP contribution in [0.3, 0.4) is 0 Å². The number of amides is 3. The van der Waals surface area contributed by atoms with Crippen LogP contribution in [-0.2, 0) is 11.3 Å². The van der Waals surface area contributed by atoms with Crippen LogP contribution in [0.15, 0.2) is 48.8 Å². The second-order valence-electron chi connectivity index (χ2n) is 8.59. The predicted molar refractivity (Wildman–Crippen MR) is 123 cm³/mol. The topological polar surface area (TPSA) is 74.8 Å². The Labute approximate surface area is 189 Å². The third-order valence-corrected chi connectivity index (χ3v) is 6.11. The highest BCUT2D eigenvalue weighted by molar-refractivity contribution is 5.95. The van der Waals surface area contributed by atoms with Gasteiger partial charge in [-0.25, -0.2) is 4.79 Å². The van der Waals surface area contributed by atoms with Gasteiger partial charge in [0.05, 0.1) is 6.10 Å². The molecule has 4 rings (SSSR count). The molecular formula is C25H32N4O3. The highest BCUT2D eigenvalue weighted by Crippen LogP contribution is 2.18. The molecule has 1 aromatic heterocycles. The molecule has 3 heterocycles. The van der Waals surface area contributed by atoms with Crippen LogP contribution in [0.25, 0.3) is 0 Å². The van der Waals surface area contributed by atoms with E-state index in [1.165, 1.54) is 12.8 Å². The number of nitrogens with zero attached hydrogens (tertiary/aromatic N) is 3. The molecular weight excluding hydrogens is 404 g/mol. The molecule has 1 atom stereocenters. The molecule has 1 N–H and O–H groups in total. The second kappa shape index (κ2) is 11.1. The number of hydrogen-bond donors (Lipinski definition) is 1. The van der Waals surface area contributed by atoms with Gasteiger partial charge in [-0.3, -0.25) is 9.78 Å². The van der Waals surface area contributed by atoms with Crippen molar-refractivity contribution in [3.8, 4) is 0 Å². The fourth-order valence-electron chi connectivity index (χ4n) is 4.32. The Morgan fingerprint density at radius 2 is 1.84 bits per heavy atom. The number of rotatable bonds is 6. The van der Waals surface area contributed by atoms with Crippen LogP contribution >= 0.6 is 0 Å². The number of likely N-dealkylation sites (tertiary alicyclic amines) is 1. The Balaban J connectivity index is 1.39. The Bertz CT molecular complexity index is 874. The normalized spacial score (nSPS) is 18.8. The minimum Gasteiger partial charge on any atom is -0.376 e. The summed E-state index contributed by atoms with van der Waals surface area (Å²) < 4.78 is 5.75. The number of ether oxygens (including phenoxy) is 1. The fraction of sp³-hybridized carbons (Fsp3) is 0.480. The molecule has 1 aromatic carbocycles. The zero-order valence-corrected chi connectivity index (χ0v) is 18.5. The SMILES string of the molecule is O=C(Nc1ccc(C(=O)N2CCCCCC2)cc1)N(Cc1cccnc1)CC1CCCO1. The van der Waals surface area contributed by atoms with Crippen molar-refractivity contribution in [2.45, 2.75) is 51.2 Å². The van der Waals surface area contributed by atoms with Gasteiger partial charge in [0.15, 0.2) is 0 Å². The molecule has 0 bridgehead atoms. The number of aromatic nitrogens is 1. The summed E-state index contributed by atoms with van der Waals surface area (Å²) >= 11 is 0. The molecule has 2 saturated heterocycles. The van der Waals surface area contributed by atoms with Crippen LogP contribution in [-0.4, -0.2) is 59.1 Å². The van der Waals surface area contributed by atoms with Gasteiger partial charge in [0.2, 0.25) is 0 Å². The lowest BCUT2D eigenvalue weighted by Crippen LogP contribution is -2.39. The molecule has 3 amide bonds. The maximum Gasteiger partial charge on any atom is 0.322 e. The van der Waals surface area contributed by atoms with Crippen molar-refractivity contribution in [3.63, 3.8) is 0 Å². The summed E-state index contributed by atoms with van der Waals surface area (Å²) in [5.41, 5.74) is 2.31. The van der Waals surface area contributed by atoms with Gasteiger partial charge in [-0.15, -0.1) is 0 Å². The van der Waals surface area contributed by atoms with E-state index in [-0.39, 0.29) is 18.0 Å². The van der Waals surface area contributed by atoms with Gasteiger partial charge in [0.1, 0.15) is 0 Å². The number of benzene rings is 1. The van der Waals surface area contributed by atoms with Crippen LogP contribution in [0.1, 0.15) is 54.4 Å². The Morgan fingerprint density at radius 1 is 1.06 bits per heavy atom. The zero-order valence-electron chi connectivity index (χ0n) is 18.5. The van der Waals surface area contributed by atoms with Crippen molar-refractivity contribution < 1.29 is 14.3 Å². The first-order valence-electron chi connectivity index (χ1n) is 11.6. The van der Waals surface area contributed by atoms with Crippen molar-refractivity contribution in [1.82, 2.24) is 14.8 Å². The van der Waals surface area contributed by atoms with Crippen molar-refractivity contribution in [3.05, 3.63) is 59.9 Å². The van der Waals surface area contributed by atoms with E-state index in [0.717, 1.165) is 50.9 Å². The average Bonchev–Trinajstić information content (AvgIpc) is 3.18. The second-order valence-corrected chi connectivity index (χ2v) is 8.59. The molecule has 0 spiro atoms. The van der Waals surface area contributed by atoms with Gasteiger partial charge in [-0.2, -0.15) is 0 Å². The Morgan fingerprint density at radius 3 is 2.50 bits per heavy atom. The Kier molecular flexibility index (Phi) is 7.72. The van der Waals surface area contributed by atoms with E-state index < -0.39 is 0 Å². The molecule has 0 aliphatic carbocycles. The molecule has 2 aromatic rings. The molecule has 7 nitrogen and oxygen atoms in total. The summed E-state index contributed by atoms with van der Waals surface area (Å²) in [5.74, 6) is 0.0707. The van der Waals surface area contributed by atoms with E-state index in [1.54, 1.807) is 41.6 Å². The number of pyridine rings is 1. The lowest BCUT2D eigenvalue weighted by Gasteiger charge is -2.26. The van der Waals surface area contributed by atoms with E-state index in [4.69, 9.17) is 4.74 Å². The summed E-state index contributed by atoms with van der Waals surface area (Å²) in [4.78, 5) is 33.7. The van der Waals surface area contributed by atoms with E-state index in [2.05, 4.69) is 10.3 Å². The Hall–Kier alpha value is -2.93. The van der Waals surface area contributed by atoms with Crippen molar-refractivity contribution in [2.75, 3.05) is 31.6 Å². The van der Waals surface area contributed by atoms with Gasteiger partial charge in [-0.1, -0.05) is 18.9 Å². The third kappa shape index (κ3) is 6.07. The third-order valence-electron chi connectivity index (χ3n) is 6.11. The molecule has 7 heteroatoms. The van der Waals surface area contributed by atoms with Gasteiger partial charge in [-0.05, 0) is 61.6 Å². The summed E-state index contributed by atoms with van der Waals surface area (Å²) in [7, 11) is 0. The largest absolute Gasteiger partial charge is 0.376 e. The fourth-order valence-corrected chi connectivity index (χ4v) is 4.32. The lowest BCUT2D eigenvalue weighted by molar-refractivity contribution is 0.0761. The lowest BCUT2D eigenvalue weighted by atomic mass is 10.1. The number of urea groups is 1. The van der Waals surface area contributed by atoms with Gasteiger partial charge >= 0.3 is 6.03 Å². The minimum absolute atomic E-state index is 0.0612. The quantitative estimate of drug-likeness (QED) is 0.732. The summed E-state index contributed by atoms with van der Waals surface area (Å²) in [6.45, 7) is 3.39. The van der Waals surface area contributed by atoms with Crippen molar-refractivity contribution in [1.29, 1.82) is 0 Å². The number of carbonyl (C=O) groups excluding carboxylic acids is 2. The summed E-state index contributed by atoms with van der Waals surface area (Å²) in [6, 6.07) is 10.9. The van der Waals surface area contributed by atoms with Gasteiger partial charge < -0.3 is 19.9 Å². The average molecular weight is 437 g/mol. The standard InChI is InChI=1S/C25H32N4O3/c30-24(28-14-3-1-2-4-15-28)21-9-11-22(12-10-21)27-25(31)29(19-23-8-6-16-32-23)18-20-7-5-13-26-17-20/h5,7,9-13,17,23H,1-4,6,8,14-16,18-19H2,(H,27,31). The van der Waals surface area contributed by atoms with E-state index in [0.29, 0.717) is 24.3 Å². The maximum atomic E-state index is 13.1. The summed E-state index contributed by atoms with van der Waals surface area (Å²) in [6.07, 6.45) is 10.1. The van der Waals surface area contributed by atoms with Crippen LogP contribution in [0.4, 0.5) is 10.5 Å². The molecule has 2 aliphatic heterocycles. The van der Waals surface area contributed by atoms with Crippen LogP contribution in [0.2, 0.25) is 0 Å². The number of hydrogen-bond acceptors (Lipinski definition) is 4. The number of carbonyl (C=O) groups is 2. The molecule has 32 heavy (non-hydrogen) atoms. The van der Waals surface area contributed by atoms with Crippen molar-refractivity contribution >= 4 is 17.6 Å². The first-order valence-corrected chi connectivity index (χ1v) is 11.6. The van der Waals surface area contributed by atoms with Gasteiger partial charge in [0.25, 0.3) is 5.91 Å². The predicted octanol–water partition coefficient (Wildman–Crippen LogP) is 4.31. The van der Waals surface area contributed by atoms with E-state index in [1.807, 2.05) is 17.0 Å². The van der Waals surface area contributed by atoms with E-state index >= 15 is 0 Å². The first-order chi connectivity index (χ1) is 15.7. The highest BCUT2D eigenvalue weighted by Gasteiger charge is 2.23. The molecule has 1 unspecified atom stereocenters. The molecule has 2 aliphatic rings. The van der Waals surface area contributed by atoms with Gasteiger partial charge in [0, 0.05) is 56.4 Å². The van der Waals surface area contributed by atoms with Crippen molar-refractivity contribution in [2.24, 2.45) is 0 Å². The molecule has 0 radical (unpaired) electrons. The minimum atomic E-state index is -0.184. The number of nitrogens with one attached hydrogen (secondary N) is 1. The monoisotopic (exact) mass is 436 g/mol. The first kappa shape index (κ1) is 22.3. The van der Waals surface area contributed by atoms with Crippen LogP contribution in [0, 0.1) is 0 Å². The summed E-state index contributed by atoms with van der Waals surface area (Å²) in [5, 5.41) is 2.98. The number of anilines is 1. The zero-order chi connectivity index (χ0) is 22.2. The molecule has 170 valence electrons. The van der Waals surface area contributed by atoms with Crippen LogP contribution in [0.5, 0.6) is 0 Å². The smallest absolute Gasteiger partial charge is 0.322 e. The van der Waals surface area contributed by atoms with E-state index in [9.17, 15) is 9.59 Å². The molecule has 2 fully saturated rings. The molecule has 0 saturated carbocycles.